The average molecular weight is 285 g/mol. The van der Waals surface area contributed by atoms with E-state index < -0.39 is 29.5 Å². The van der Waals surface area contributed by atoms with E-state index in [9.17, 15) is 19.5 Å². The molecule has 0 aliphatic carbocycles. The summed E-state index contributed by atoms with van der Waals surface area (Å²) in [5.41, 5.74) is -0.992. The van der Waals surface area contributed by atoms with Crippen molar-refractivity contribution in [2.45, 2.75) is 51.1 Å². The van der Waals surface area contributed by atoms with Crippen LogP contribution in [0.1, 0.15) is 39.5 Å². The monoisotopic (exact) mass is 285 g/mol. The number of nitrogens with zero attached hydrogens (tertiary/aromatic N) is 1. The van der Waals surface area contributed by atoms with E-state index in [1.165, 1.54) is 7.05 Å². The highest BCUT2D eigenvalue weighted by atomic mass is 16.4. The zero-order valence-corrected chi connectivity index (χ0v) is 12.2. The van der Waals surface area contributed by atoms with Crippen LogP contribution >= 0.6 is 0 Å². The number of rotatable bonds is 5. The Kier molecular flexibility index (Phi) is 5.50. The maximum Gasteiger partial charge on any atom is 0.324 e. The van der Waals surface area contributed by atoms with Gasteiger partial charge in [0.05, 0.1) is 6.04 Å². The summed E-state index contributed by atoms with van der Waals surface area (Å²) >= 11 is 0. The summed E-state index contributed by atoms with van der Waals surface area (Å²) in [7, 11) is 1.42. The molecule has 0 bridgehead atoms. The highest BCUT2D eigenvalue weighted by Gasteiger charge is 2.49. The third-order valence-electron chi connectivity index (χ3n) is 3.91. The number of carbonyl (C=O) groups is 3. The van der Waals surface area contributed by atoms with Gasteiger partial charge in [-0.1, -0.05) is 13.3 Å². The molecule has 0 aromatic heterocycles. The van der Waals surface area contributed by atoms with Gasteiger partial charge in [-0.05, 0) is 26.2 Å². The number of nitrogens with one attached hydrogen (secondary N) is 2. The third kappa shape index (κ3) is 3.09. The van der Waals surface area contributed by atoms with Crippen LogP contribution < -0.4 is 10.6 Å². The number of carbonyl (C=O) groups excluding carboxylic acids is 2. The number of hydrogen-bond acceptors (Lipinski definition) is 4. The number of aliphatic carboxylic acids is 1. The zero-order chi connectivity index (χ0) is 15.3. The summed E-state index contributed by atoms with van der Waals surface area (Å²) < 4.78 is 0. The first-order valence-electron chi connectivity index (χ1n) is 6.91. The van der Waals surface area contributed by atoms with E-state index in [1.54, 1.807) is 11.8 Å². The lowest BCUT2D eigenvalue weighted by molar-refractivity contribution is -0.152. The normalized spacial score (nSPS) is 24.1. The standard InChI is InChI=1S/C13H23N3O4/c1-4-6-13(11(18)19)7-5-8-16(13)9(2)10(17)15-12(20)14-3/h9H,4-8H2,1-3H3,(H,18,19)(H2,14,15,17,20). The van der Waals surface area contributed by atoms with Gasteiger partial charge < -0.3 is 10.4 Å². The number of imide groups is 1. The van der Waals surface area contributed by atoms with Gasteiger partial charge in [0, 0.05) is 13.6 Å². The van der Waals surface area contributed by atoms with Gasteiger partial charge in [0.2, 0.25) is 5.91 Å². The maximum absolute atomic E-state index is 12.0. The molecule has 7 nitrogen and oxygen atoms in total. The molecular weight excluding hydrogens is 262 g/mol. The molecule has 2 atom stereocenters. The Labute approximate surface area is 118 Å². The molecule has 1 heterocycles. The maximum atomic E-state index is 12.0. The molecule has 0 aromatic rings. The molecule has 3 amide bonds. The third-order valence-corrected chi connectivity index (χ3v) is 3.91. The Morgan fingerprint density at radius 2 is 2.05 bits per heavy atom. The molecule has 1 aliphatic heterocycles. The topological polar surface area (TPSA) is 98.7 Å². The van der Waals surface area contributed by atoms with Gasteiger partial charge in [0.15, 0.2) is 0 Å². The van der Waals surface area contributed by atoms with Crippen LogP contribution in [0.25, 0.3) is 0 Å². The van der Waals surface area contributed by atoms with Gasteiger partial charge in [-0.3, -0.25) is 19.8 Å². The fourth-order valence-corrected chi connectivity index (χ4v) is 2.90. The molecule has 0 radical (unpaired) electrons. The van der Waals surface area contributed by atoms with Crippen molar-refractivity contribution < 1.29 is 19.5 Å². The smallest absolute Gasteiger partial charge is 0.324 e. The summed E-state index contributed by atoms with van der Waals surface area (Å²) in [6.07, 6.45) is 2.50. The SMILES string of the molecule is CCCC1(C(=O)O)CCCN1C(C)C(=O)NC(=O)NC. The van der Waals surface area contributed by atoms with Gasteiger partial charge in [0.25, 0.3) is 0 Å². The van der Waals surface area contributed by atoms with E-state index in [0.717, 1.165) is 12.8 Å². The predicted octanol–water partition coefficient (Wildman–Crippen LogP) is 0.550. The van der Waals surface area contributed by atoms with Crippen LogP contribution in [0.15, 0.2) is 0 Å². The van der Waals surface area contributed by atoms with Gasteiger partial charge in [-0.25, -0.2) is 4.79 Å². The van der Waals surface area contributed by atoms with Crippen LogP contribution in [0, 0.1) is 0 Å². The largest absolute Gasteiger partial charge is 0.480 e. The Morgan fingerprint density at radius 1 is 1.40 bits per heavy atom. The van der Waals surface area contributed by atoms with Crippen molar-refractivity contribution in [3.63, 3.8) is 0 Å². The highest BCUT2D eigenvalue weighted by Crippen LogP contribution is 2.35. The molecule has 1 aliphatic rings. The van der Waals surface area contributed by atoms with Crippen molar-refractivity contribution in [3.8, 4) is 0 Å². The van der Waals surface area contributed by atoms with E-state index in [4.69, 9.17) is 0 Å². The fourth-order valence-electron chi connectivity index (χ4n) is 2.90. The van der Waals surface area contributed by atoms with Gasteiger partial charge >= 0.3 is 12.0 Å². The van der Waals surface area contributed by atoms with Gasteiger partial charge in [0.1, 0.15) is 5.54 Å². The summed E-state index contributed by atoms with van der Waals surface area (Å²) in [4.78, 5) is 36.6. The minimum atomic E-state index is -0.992. The first-order chi connectivity index (χ1) is 9.39. The molecule has 1 saturated heterocycles. The lowest BCUT2D eigenvalue weighted by atomic mass is 9.89. The molecule has 0 aromatic carbocycles. The number of urea groups is 1. The van der Waals surface area contributed by atoms with E-state index in [0.29, 0.717) is 19.4 Å². The number of amides is 3. The molecule has 1 rings (SSSR count). The molecule has 7 heteroatoms. The molecule has 20 heavy (non-hydrogen) atoms. The van der Waals surface area contributed by atoms with Crippen molar-refractivity contribution in [1.29, 1.82) is 0 Å². The van der Waals surface area contributed by atoms with E-state index in [2.05, 4.69) is 10.6 Å². The van der Waals surface area contributed by atoms with Crippen LogP contribution in [-0.4, -0.2) is 53.1 Å². The average Bonchev–Trinajstić information content (AvgIpc) is 2.83. The van der Waals surface area contributed by atoms with Crippen molar-refractivity contribution in [1.82, 2.24) is 15.5 Å². The molecule has 0 spiro atoms. The molecule has 1 fully saturated rings. The second kappa shape index (κ2) is 6.69. The zero-order valence-electron chi connectivity index (χ0n) is 12.2. The molecule has 0 saturated carbocycles. The number of carboxylic acid groups (broad SMARTS) is 1. The van der Waals surface area contributed by atoms with Gasteiger partial charge in [-0.15, -0.1) is 0 Å². The Hall–Kier alpha value is -1.63. The molecular formula is C13H23N3O4. The second-order valence-electron chi connectivity index (χ2n) is 5.13. The summed E-state index contributed by atoms with van der Waals surface area (Å²) in [6, 6.07) is -1.24. The summed E-state index contributed by atoms with van der Waals surface area (Å²) in [5, 5.41) is 14.1. The first-order valence-corrected chi connectivity index (χ1v) is 6.91. The first kappa shape index (κ1) is 16.4. The van der Waals surface area contributed by atoms with E-state index >= 15 is 0 Å². The number of hydrogen-bond donors (Lipinski definition) is 3. The quantitative estimate of drug-likeness (QED) is 0.685. The Morgan fingerprint density at radius 3 is 2.55 bits per heavy atom. The van der Waals surface area contributed by atoms with Crippen molar-refractivity contribution in [2.24, 2.45) is 0 Å². The fraction of sp³-hybridized carbons (Fsp3) is 0.769. The summed E-state index contributed by atoms with van der Waals surface area (Å²) in [5.74, 6) is -1.37. The van der Waals surface area contributed by atoms with Crippen LogP contribution in [-0.2, 0) is 9.59 Å². The van der Waals surface area contributed by atoms with Crippen molar-refractivity contribution >= 4 is 17.9 Å². The molecule has 2 unspecified atom stereocenters. The van der Waals surface area contributed by atoms with Crippen LogP contribution in [0.5, 0.6) is 0 Å². The molecule has 3 N–H and O–H groups in total. The highest BCUT2D eigenvalue weighted by molar-refractivity contribution is 5.97. The van der Waals surface area contributed by atoms with Gasteiger partial charge in [-0.2, -0.15) is 0 Å². The van der Waals surface area contributed by atoms with Crippen molar-refractivity contribution in [2.75, 3.05) is 13.6 Å². The van der Waals surface area contributed by atoms with Crippen LogP contribution in [0.2, 0.25) is 0 Å². The Balaban J connectivity index is 2.89. The van der Waals surface area contributed by atoms with Crippen LogP contribution in [0.3, 0.4) is 0 Å². The minimum absolute atomic E-state index is 0.479. The lowest BCUT2D eigenvalue weighted by Gasteiger charge is -2.37. The summed E-state index contributed by atoms with van der Waals surface area (Å²) in [6.45, 7) is 4.11. The minimum Gasteiger partial charge on any atom is -0.480 e. The van der Waals surface area contributed by atoms with Crippen molar-refractivity contribution in [3.05, 3.63) is 0 Å². The predicted molar refractivity (Wildman–Crippen MR) is 73.3 cm³/mol. The van der Waals surface area contributed by atoms with E-state index in [-0.39, 0.29) is 0 Å². The lowest BCUT2D eigenvalue weighted by Crippen LogP contribution is -2.58. The Bertz CT molecular complexity index is 399. The number of likely N-dealkylation sites (tertiary alicyclic amines) is 1. The number of carboxylic acids is 1. The van der Waals surface area contributed by atoms with E-state index in [1.807, 2.05) is 6.92 Å². The molecule has 114 valence electrons. The van der Waals surface area contributed by atoms with Crippen LogP contribution in [0.4, 0.5) is 4.79 Å². The second-order valence-corrected chi connectivity index (χ2v) is 5.13.